The Morgan fingerprint density at radius 2 is 1.56 bits per heavy atom. The summed E-state index contributed by atoms with van der Waals surface area (Å²) in [5.41, 5.74) is 3.46. The number of carbonyl (C=O) groups is 1. The van der Waals surface area contributed by atoms with Gasteiger partial charge in [-0.25, -0.2) is 4.98 Å². The van der Waals surface area contributed by atoms with Gasteiger partial charge in [-0.05, 0) is 42.0 Å². The van der Waals surface area contributed by atoms with Gasteiger partial charge >= 0.3 is 0 Å². The summed E-state index contributed by atoms with van der Waals surface area (Å²) in [4.78, 5) is 17.7. The average molecular weight is 347 g/mol. The van der Waals surface area contributed by atoms with Crippen LogP contribution in [0.15, 0.2) is 78.9 Å². The lowest BCUT2D eigenvalue weighted by Gasteiger charge is -2.08. The summed E-state index contributed by atoms with van der Waals surface area (Å²) in [5.74, 6) is 0.628. The van der Waals surface area contributed by atoms with Crippen molar-refractivity contribution in [1.29, 1.82) is 0 Å². The number of carbonyl (C=O) groups excluding carboxylic acids is 1. The predicted molar refractivity (Wildman–Crippen MR) is 101 cm³/mol. The summed E-state index contributed by atoms with van der Waals surface area (Å²) < 4.78 is 1.70. The second kappa shape index (κ2) is 6.54. The number of hydrogen-bond acceptors (Lipinski definition) is 2. The summed E-state index contributed by atoms with van der Waals surface area (Å²) in [7, 11) is 0. The maximum atomic E-state index is 13.0. The first-order valence-corrected chi connectivity index (χ1v) is 8.41. The highest BCUT2D eigenvalue weighted by atomic mass is 35.5. The molecule has 4 aromatic rings. The second-order valence-electron chi connectivity index (χ2n) is 5.82. The molecule has 25 heavy (non-hydrogen) atoms. The van der Waals surface area contributed by atoms with E-state index in [-0.39, 0.29) is 5.91 Å². The molecule has 0 aliphatic carbocycles. The highest BCUT2D eigenvalue weighted by Crippen LogP contribution is 2.26. The van der Waals surface area contributed by atoms with E-state index in [0.717, 1.165) is 22.2 Å². The summed E-state index contributed by atoms with van der Waals surface area (Å²) in [5, 5.41) is 0.655. The van der Waals surface area contributed by atoms with Crippen LogP contribution in [0.5, 0.6) is 0 Å². The molecule has 0 radical (unpaired) electrons. The van der Waals surface area contributed by atoms with Crippen LogP contribution in [-0.2, 0) is 6.42 Å². The number of benzene rings is 3. The maximum absolute atomic E-state index is 13.0. The van der Waals surface area contributed by atoms with Crippen molar-refractivity contribution in [2.45, 2.75) is 6.42 Å². The first kappa shape index (κ1) is 15.6. The normalized spacial score (nSPS) is 10.9. The number of imidazole rings is 1. The Bertz CT molecular complexity index is 1040. The van der Waals surface area contributed by atoms with Gasteiger partial charge in [0.25, 0.3) is 0 Å². The summed E-state index contributed by atoms with van der Waals surface area (Å²) in [6.45, 7) is 0. The lowest BCUT2D eigenvalue weighted by atomic mass is 10.1. The molecule has 3 aromatic carbocycles. The topological polar surface area (TPSA) is 34.9 Å². The van der Waals surface area contributed by atoms with Gasteiger partial charge in [-0.3, -0.25) is 9.36 Å². The fourth-order valence-electron chi connectivity index (χ4n) is 2.92. The van der Waals surface area contributed by atoms with Crippen LogP contribution in [0, 0.1) is 0 Å². The highest BCUT2D eigenvalue weighted by Gasteiger charge is 2.18. The number of rotatable bonds is 3. The van der Waals surface area contributed by atoms with Crippen molar-refractivity contribution < 1.29 is 4.79 Å². The predicted octanol–water partition coefficient (Wildman–Crippen LogP) is 5.24. The van der Waals surface area contributed by atoms with Gasteiger partial charge in [0.1, 0.15) is 5.82 Å². The molecule has 4 heteroatoms. The zero-order valence-electron chi connectivity index (χ0n) is 13.4. The van der Waals surface area contributed by atoms with Crippen LogP contribution in [0.25, 0.3) is 22.4 Å². The molecule has 0 bridgehead atoms. The summed E-state index contributed by atoms with van der Waals surface area (Å²) >= 11 is 5.99. The van der Waals surface area contributed by atoms with E-state index < -0.39 is 0 Å². The van der Waals surface area contributed by atoms with Crippen LogP contribution in [0.3, 0.4) is 0 Å². The van der Waals surface area contributed by atoms with Crippen LogP contribution in [0.1, 0.15) is 10.4 Å². The minimum atomic E-state index is -0.00940. The molecular formula is C21H15ClN2O. The van der Waals surface area contributed by atoms with Crippen molar-refractivity contribution in [3.05, 3.63) is 89.4 Å². The molecule has 0 N–H and O–H groups in total. The third-order valence-electron chi connectivity index (χ3n) is 4.11. The molecule has 0 aliphatic rings. The number of aromatic nitrogens is 2. The Morgan fingerprint density at radius 1 is 0.880 bits per heavy atom. The molecule has 122 valence electrons. The van der Waals surface area contributed by atoms with Crippen LogP contribution < -0.4 is 0 Å². The summed E-state index contributed by atoms with van der Waals surface area (Å²) in [6.07, 6.45) is 0.321. The van der Waals surface area contributed by atoms with Crippen molar-refractivity contribution in [2.75, 3.05) is 0 Å². The zero-order valence-corrected chi connectivity index (χ0v) is 14.1. The Balaban J connectivity index is 1.84. The Morgan fingerprint density at radius 3 is 2.32 bits per heavy atom. The van der Waals surface area contributed by atoms with Crippen molar-refractivity contribution in [1.82, 2.24) is 9.55 Å². The van der Waals surface area contributed by atoms with Crippen LogP contribution >= 0.6 is 11.6 Å². The first-order chi connectivity index (χ1) is 12.2. The minimum absolute atomic E-state index is 0.00940. The van der Waals surface area contributed by atoms with Crippen molar-refractivity contribution in [3.8, 4) is 11.4 Å². The van der Waals surface area contributed by atoms with Gasteiger partial charge < -0.3 is 0 Å². The average Bonchev–Trinajstić information content (AvgIpc) is 3.03. The molecule has 0 saturated carbocycles. The first-order valence-electron chi connectivity index (χ1n) is 8.03. The zero-order chi connectivity index (χ0) is 17.2. The fourth-order valence-corrected chi connectivity index (χ4v) is 3.05. The van der Waals surface area contributed by atoms with E-state index in [2.05, 4.69) is 4.98 Å². The fraction of sp³-hybridized carbons (Fsp3) is 0.0476. The Hall–Kier alpha value is -2.91. The molecule has 4 rings (SSSR count). The van der Waals surface area contributed by atoms with Crippen LogP contribution in [0.4, 0.5) is 0 Å². The van der Waals surface area contributed by atoms with Gasteiger partial charge in [0.05, 0.1) is 17.5 Å². The van der Waals surface area contributed by atoms with Gasteiger partial charge in [0.2, 0.25) is 5.91 Å². The molecule has 0 amide bonds. The van der Waals surface area contributed by atoms with E-state index in [4.69, 9.17) is 11.6 Å². The highest BCUT2D eigenvalue weighted by molar-refractivity contribution is 6.30. The molecule has 0 unspecified atom stereocenters. The van der Waals surface area contributed by atoms with Crippen molar-refractivity contribution in [3.63, 3.8) is 0 Å². The molecule has 0 saturated heterocycles. The molecule has 1 aromatic heterocycles. The van der Waals surface area contributed by atoms with Gasteiger partial charge in [-0.2, -0.15) is 0 Å². The van der Waals surface area contributed by atoms with E-state index in [1.807, 2.05) is 78.9 Å². The second-order valence-corrected chi connectivity index (χ2v) is 6.26. The molecule has 0 fully saturated rings. The largest absolute Gasteiger partial charge is 0.274 e. The third kappa shape index (κ3) is 3.06. The molecule has 0 atom stereocenters. The SMILES string of the molecule is O=C(Cc1ccccc1)n1c(-c2ccc(Cl)cc2)nc2ccccc21. The number of para-hydroxylation sites is 2. The standard InChI is InChI=1S/C21H15ClN2O/c22-17-12-10-16(11-13-17)21-23-18-8-4-5-9-19(18)24(21)20(25)14-15-6-2-1-3-7-15/h1-13H,14H2. The van der Waals surface area contributed by atoms with Gasteiger partial charge in [0, 0.05) is 10.6 Å². The Labute approximate surface area is 150 Å². The van der Waals surface area contributed by atoms with Gasteiger partial charge in [-0.15, -0.1) is 0 Å². The van der Waals surface area contributed by atoms with Crippen LogP contribution in [0.2, 0.25) is 5.02 Å². The van der Waals surface area contributed by atoms with E-state index in [1.54, 1.807) is 4.57 Å². The lowest BCUT2D eigenvalue weighted by Crippen LogP contribution is -2.14. The number of hydrogen-bond donors (Lipinski definition) is 0. The number of fused-ring (bicyclic) bond motifs is 1. The third-order valence-corrected chi connectivity index (χ3v) is 4.36. The number of nitrogens with zero attached hydrogens (tertiary/aromatic N) is 2. The molecule has 0 spiro atoms. The van der Waals surface area contributed by atoms with E-state index >= 15 is 0 Å². The minimum Gasteiger partial charge on any atom is -0.274 e. The lowest BCUT2D eigenvalue weighted by molar-refractivity contribution is 0.0921. The maximum Gasteiger partial charge on any atom is 0.237 e. The number of halogens is 1. The van der Waals surface area contributed by atoms with Crippen LogP contribution in [-0.4, -0.2) is 15.5 Å². The smallest absolute Gasteiger partial charge is 0.237 e. The van der Waals surface area contributed by atoms with E-state index in [9.17, 15) is 4.79 Å². The van der Waals surface area contributed by atoms with Crippen molar-refractivity contribution >= 4 is 28.5 Å². The molecule has 0 aliphatic heterocycles. The monoisotopic (exact) mass is 346 g/mol. The van der Waals surface area contributed by atoms with E-state index in [0.29, 0.717) is 17.3 Å². The van der Waals surface area contributed by atoms with E-state index in [1.165, 1.54) is 0 Å². The van der Waals surface area contributed by atoms with Gasteiger partial charge in [-0.1, -0.05) is 54.1 Å². The quantitative estimate of drug-likeness (QED) is 0.508. The van der Waals surface area contributed by atoms with Crippen molar-refractivity contribution in [2.24, 2.45) is 0 Å². The Kier molecular flexibility index (Phi) is 4.08. The van der Waals surface area contributed by atoms with Gasteiger partial charge in [0.15, 0.2) is 0 Å². The molecule has 3 nitrogen and oxygen atoms in total. The molecular weight excluding hydrogens is 332 g/mol. The molecule has 1 heterocycles. The summed E-state index contributed by atoms with van der Waals surface area (Å²) in [6, 6.07) is 24.8.